The van der Waals surface area contributed by atoms with E-state index in [-0.39, 0.29) is 5.41 Å². The summed E-state index contributed by atoms with van der Waals surface area (Å²) < 4.78 is 29.0. The number of sulfonamides is 1. The third-order valence-corrected chi connectivity index (χ3v) is 5.47. The summed E-state index contributed by atoms with van der Waals surface area (Å²) in [5, 5.41) is 0. The molecule has 19 heavy (non-hydrogen) atoms. The summed E-state index contributed by atoms with van der Waals surface area (Å²) in [7, 11) is -1.62. The van der Waals surface area contributed by atoms with Crippen molar-refractivity contribution in [1.29, 1.82) is 0 Å². The second-order valence-electron chi connectivity index (χ2n) is 5.82. The van der Waals surface area contributed by atoms with E-state index in [0.29, 0.717) is 18.0 Å². The van der Waals surface area contributed by atoms with Crippen LogP contribution in [0.1, 0.15) is 38.3 Å². The van der Waals surface area contributed by atoms with Crippen molar-refractivity contribution in [1.82, 2.24) is 9.29 Å². The van der Waals surface area contributed by atoms with Gasteiger partial charge in [0, 0.05) is 32.0 Å². The molecule has 0 saturated heterocycles. The van der Waals surface area contributed by atoms with Crippen LogP contribution < -0.4 is 10.5 Å². The predicted molar refractivity (Wildman–Crippen MR) is 75.1 cm³/mol. The molecule has 1 aromatic heterocycles. The van der Waals surface area contributed by atoms with Crippen molar-refractivity contribution in [2.75, 3.05) is 6.54 Å². The van der Waals surface area contributed by atoms with Gasteiger partial charge in [0.2, 0.25) is 10.0 Å². The van der Waals surface area contributed by atoms with Crippen LogP contribution in [-0.4, -0.2) is 19.5 Å². The van der Waals surface area contributed by atoms with E-state index in [4.69, 9.17) is 5.73 Å². The van der Waals surface area contributed by atoms with Gasteiger partial charge in [-0.3, -0.25) is 0 Å². The average molecular weight is 285 g/mol. The molecule has 1 fully saturated rings. The molecule has 0 amide bonds. The van der Waals surface area contributed by atoms with Crippen molar-refractivity contribution in [3.05, 3.63) is 18.0 Å². The Morgan fingerprint density at radius 1 is 1.42 bits per heavy atom. The Morgan fingerprint density at radius 3 is 2.58 bits per heavy atom. The fraction of sp³-hybridized carbons (Fsp3) is 0.692. The number of hydrogen-bond acceptors (Lipinski definition) is 3. The topological polar surface area (TPSA) is 77.1 Å². The van der Waals surface area contributed by atoms with Gasteiger partial charge in [-0.25, -0.2) is 13.1 Å². The maximum atomic E-state index is 12.2. The molecule has 0 atom stereocenters. The summed E-state index contributed by atoms with van der Waals surface area (Å²) in [6.45, 7) is 3.00. The minimum Gasteiger partial charge on any atom is -0.352 e. The van der Waals surface area contributed by atoms with Gasteiger partial charge >= 0.3 is 0 Å². The molecule has 108 valence electrons. The number of nitrogens with one attached hydrogen (secondary N) is 1. The molecule has 3 N–H and O–H groups in total. The molecule has 1 saturated carbocycles. The molecule has 0 aromatic carbocycles. The van der Waals surface area contributed by atoms with Gasteiger partial charge in [-0.15, -0.1) is 0 Å². The number of aryl methyl sites for hydroxylation is 1. The Balaban J connectivity index is 2.09. The lowest BCUT2D eigenvalue weighted by Crippen LogP contribution is -2.34. The monoisotopic (exact) mass is 285 g/mol. The molecule has 5 nitrogen and oxygen atoms in total. The van der Waals surface area contributed by atoms with Crippen LogP contribution in [0.3, 0.4) is 0 Å². The van der Waals surface area contributed by atoms with Crippen molar-refractivity contribution in [2.45, 2.75) is 44.0 Å². The first-order valence-electron chi connectivity index (χ1n) is 6.71. The van der Waals surface area contributed by atoms with Crippen LogP contribution in [0.5, 0.6) is 0 Å². The van der Waals surface area contributed by atoms with Crippen molar-refractivity contribution in [3.8, 4) is 0 Å². The molecule has 0 unspecified atom stereocenters. The summed E-state index contributed by atoms with van der Waals surface area (Å²) >= 11 is 0. The zero-order valence-corrected chi connectivity index (χ0v) is 12.5. The number of nitrogens with two attached hydrogens (primary N) is 1. The number of nitrogens with zero attached hydrogens (tertiary/aromatic N) is 1. The highest BCUT2D eigenvalue weighted by molar-refractivity contribution is 7.89. The normalized spacial score (nSPS) is 18.9. The SMILES string of the molecule is Cn1cc(S(=O)(=O)NCC2(C)CCCC2)cc1CN. The van der Waals surface area contributed by atoms with Gasteiger partial charge in [0.15, 0.2) is 0 Å². The fourth-order valence-electron chi connectivity index (χ4n) is 2.68. The second-order valence-corrected chi connectivity index (χ2v) is 7.59. The number of hydrogen-bond donors (Lipinski definition) is 2. The van der Waals surface area contributed by atoms with Gasteiger partial charge in [-0.05, 0) is 24.3 Å². The van der Waals surface area contributed by atoms with E-state index in [1.165, 1.54) is 12.8 Å². The highest BCUT2D eigenvalue weighted by Crippen LogP contribution is 2.37. The fourth-order valence-corrected chi connectivity index (χ4v) is 3.98. The first-order valence-corrected chi connectivity index (χ1v) is 8.20. The van der Waals surface area contributed by atoms with Crippen LogP contribution in [0.2, 0.25) is 0 Å². The Kier molecular flexibility index (Phi) is 4.03. The van der Waals surface area contributed by atoms with Gasteiger partial charge in [-0.2, -0.15) is 0 Å². The lowest BCUT2D eigenvalue weighted by molar-refractivity contribution is 0.336. The van der Waals surface area contributed by atoms with Gasteiger partial charge < -0.3 is 10.3 Å². The maximum absolute atomic E-state index is 12.2. The van der Waals surface area contributed by atoms with Crippen LogP contribution >= 0.6 is 0 Å². The predicted octanol–water partition coefficient (Wildman–Crippen LogP) is 1.34. The zero-order chi connectivity index (χ0) is 14.1. The van der Waals surface area contributed by atoms with E-state index in [9.17, 15) is 8.42 Å². The molecule has 1 heterocycles. The summed E-state index contributed by atoms with van der Waals surface area (Å²) in [6.07, 6.45) is 6.19. The van der Waals surface area contributed by atoms with Gasteiger partial charge in [-0.1, -0.05) is 19.8 Å². The van der Waals surface area contributed by atoms with Crippen molar-refractivity contribution in [3.63, 3.8) is 0 Å². The Hall–Kier alpha value is -0.850. The average Bonchev–Trinajstić information content (AvgIpc) is 2.94. The minimum atomic E-state index is -3.42. The van der Waals surface area contributed by atoms with Crippen LogP contribution in [0, 0.1) is 5.41 Å². The van der Waals surface area contributed by atoms with Crippen LogP contribution in [0.25, 0.3) is 0 Å². The highest BCUT2D eigenvalue weighted by Gasteiger charge is 2.30. The Morgan fingerprint density at radius 2 is 2.05 bits per heavy atom. The van der Waals surface area contributed by atoms with E-state index in [0.717, 1.165) is 18.5 Å². The first kappa shape index (κ1) is 14.6. The standard InChI is InChI=1S/C13H23N3O2S/c1-13(5-3-4-6-13)10-15-19(17,18)12-7-11(8-14)16(2)9-12/h7,9,15H,3-6,8,10,14H2,1-2H3. The van der Waals surface area contributed by atoms with Crippen molar-refractivity contribution in [2.24, 2.45) is 18.2 Å². The van der Waals surface area contributed by atoms with Crippen LogP contribution in [-0.2, 0) is 23.6 Å². The summed E-state index contributed by atoms with van der Waals surface area (Å²) in [5.74, 6) is 0. The Bertz CT molecular complexity index is 542. The summed E-state index contributed by atoms with van der Waals surface area (Å²) in [6, 6.07) is 1.64. The molecule has 0 spiro atoms. The lowest BCUT2D eigenvalue weighted by Gasteiger charge is -2.23. The second kappa shape index (κ2) is 5.26. The largest absolute Gasteiger partial charge is 0.352 e. The zero-order valence-electron chi connectivity index (χ0n) is 11.6. The molecule has 1 aromatic rings. The minimum absolute atomic E-state index is 0.110. The molecular formula is C13H23N3O2S. The number of rotatable bonds is 5. The molecule has 1 aliphatic carbocycles. The maximum Gasteiger partial charge on any atom is 0.242 e. The lowest BCUT2D eigenvalue weighted by atomic mass is 9.89. The quantitative estimate of drug-likeness (QED) is 0.857. The summed E-state index contributed by atoms with van der Waals surface area (Å²) in [5.41, 5.74) is 6.49. The molecule has 0 radical (unpaired) electrons. The molecule has 0 bridgehead atoms. The molecule has 2 rings (SSSR count). The summed E-state index contributed by atoms with van der Waals surface area (Å²) in [4.78, 5) is 0.303. The molecular weight excluding hydrogens is 262 g/mol. The third-order valence-electron chi connectivity index (χ3n) is 4.10. The molecule has 6 heteroatoms. The van der Waals surface area contributed by atoms with E-state index >= 15 is 0 Å². The van der Waals surface area contributed by atoms with E-state index in [1.807, 2.05) is 0 Å². The van der Waals surface area contributed by atoms with Crippen molar-refractivity contribution < 1.29 is 8.42 Å². The van der Waals surface area contributed by atoms with Gasteiger partial charge in [0.05, 0.1) is 4.90 Å². The smallest absolute Gasteiger partial charge is 0.242 e. The van der Waals surface area contributed by atoms with E-state index in [2.05, 4.69) is 11.6 Å². The van der Waals surface area contributed by atoms with E-state index < -0.39 is 10.0 Å². The van der Waals surface area contributed by atoms with Crippen molar-refractivity contribution >= 4 is 10.0 Å². The van der Waals surface area contributed by atoms with Crippen LogP contribution in [0.4, 0.5) is 0 Å². The highest BCUT2D eigenvalue weighted by atomic mass is 32.2. The van der Waals surface area contributed by atoms with Gasteiger partial charge in [0.25, 0.3) is 0 Å². The molecule has 1 aliphatic rings. The Labute approximate surface area is 115 Å². The first-order chi connectivity index (χ1) is 8.86. The van der Waals surface area contributed by atoms with Crippen LogP contribution in [0.15, 0.2) is 17.2 Å². The third kappa shape index (κ3) is 3.19. The van der Waals surface area contributed by atoms with E-state index in [1.54, 1.807) is 23.9 Å². The molecule has 0 aliphatic heterocycles. The van der Waals surface area contributed by atoms with Gasteiger partial charge in [0.1, 0.15) is 0 Å². The number of aromatic nitrogens is 1.